The summed E-state index contributed by atoms with van der Waals surface area (Å²) in [6, 6.07) is 7.87. The molecule has 0 atom stereocenters. The molecule has 1 aromatic rings. The van der Waals surface area contributed by atoms with Gasteiger partial charge in [-0.1, -0.05) is 37.5 Å². The molecule has 1 saturated carbocycles. The van der Waals surface area contributed by atoms with Crippen molar-refractivity contribution in [3.05, 3.63) is 35.4 Å². The van der Waals surface area contributed by atoms with Crippen LogP contribution in [0.25, 0.3) is 0 Å². The molecule has 1 amide bonds. The Morgan fingerprint density at radius 3 is 2.38 bits per heavy atom. The van der Waals surface area contributed by atoms with E-state index in [0.717, 1.165) is 24.0 Å². The van der Waals surface area contributed by atoms with Crippen LogP contribution in [0.3, 0.4) is 0 Å². The topological polar surface area (TPSA) is 46.3 Å². The first-order valence-electron chi connectivity index (χ1n) is 7.78. The predicted octanol–water partition coefficient (Wildman–Crippen LogP) is 2.79. The molecule has 0 bridgehead atoms. The van der Waals surface area contributed by atoms with Gasteiger partial charge in [-0.05, 0) is 37.1 Å². The van der Waals surface area contributed by atoms with E-state index in [1.165, 1.54) is 25.7 Å². The van der Waals surface area contributed by atoms with Gasteiger partial charge in [0.25, 0.3) is 5.91 Å². The van der Waals surface area contributed by atoms with Crippen molar-refractivity contribution >= 4 is 5.91 Å². The largest absolute Gasteiger partial charge is 0.339 e. The summed E-state index contributed by atoms with van der Waals surface area (Å²) in [5.74, 6) is 5.90. The molecular formula is C18H24N2O. The van der Waals surface area contributed by atoms with Crippen LogP contribution in [-0.2, 0) is 0 Å². The van der Waals surface area contributed by atoms with E-state index in [2.05, 4.69) is 11.8 Å². The third kappa shape index (κ3) is 4.34. The molecule has 0 radical (unpaired) electrons. The molecule has 0 unspecified atom stereocenters. The molecule has 0 aromatic heterocycles. The molecule has 3 nitrogen and oxygen atoms in total. The average molecular weight is 284 g/mol. The van der Waals surface area contributed by atoms with Crippen LogP contribution in [0.4, 0.5) is 0 Å². The van der Waals surface area contributed by atoms with Crippen LogP contribution in [0, 0.1) is 11.8 Å². The van der Waals surface area contributed by atoms with Gasteiger partial charge in [-0.25, -0.2) is 0 Å². The van der Waals surface area contributed by atoms with E-state index in [-0.39, 0.29) is 5.91 Å². The molecule has 1 fully saturated rings. The number of nitrogens with zero attached hydrogens (tertiary/aromatic N) is 1. The van der Waals surface area contributed by atoms with Crippen molar-refractivity contribution in [3.8, 4) is 11.8 Å². The number of amides is 1. The summed E-state index contributed by atoms with van der Waals surface area (Å²) in [6.07, 6.45) is 7.32. The van der Waals surface area contributed by atoms with Crippen LogP contribution >= 0.6 is 0 Å². The highest BCUT2D eigenvalue weighted by Crippen LogP contribution is 2.22. The van der Waals surface area contributed by atoms with Crippen LogP contribution in [-0.4, -0.2) is 30.4 Å². The van der Waals surface area contributed by atoms with E-state index in [4.69, 9.17) is 5.73 Å². The van der Waals surface area contributed by atoms with Gasteiger partial charge in [0.15, 0.2) is 0 Å². The number of nitrogens with two attached hydrogens (primary N) is 1. The van der Waals surface area contributed by atoms with Crippen molar-refractivity contribution in [1.82, 2.24) is 4.90 Å². The van der Waals surface area contributed by atoms with Crippen LogP contribution in [0.2, 0.25) is 0 Å². The lowest BCUT2D eigenvalue weighted by Gasteiger charge is -2.27. The number of carbonyl (C=O) groups is 1. The van der Waals surface area contributed by atoms with E-state index in [1.807, 2.05) is 36.2 Å². The van der Waals surface area contributed by atoms with Crippen LogP contribution in [0.1, 0.15) is 54.4 Å². The van der Waals surface area contributed by atoms with Crippen molar-refractivity contribution < 1.29 is 4.79 Å². The Bertz CT molecular complexity index is 516. The van der Waals surface area contributed by atoms with Gasteiger partial charge in [0.05, 0.1) is 6.54 Å². The molecule has 0 saturated heterocycles. The first-order valence-corrected chi connectivity index (χ1v) is 7.78. The second kappa shape index (κ2) is 7.85. The number of hydrogen-bond donors (Lipinski definition) is 1. The molecular weight excluding hydrogens is 260 g/mol. The van der Waals surface area contributed by atoms with Gasteiger partial charge in [-0.15, -0.1) is 0 Å². The molecule has 1 aromatic carbocycles. The maximum absolute atomic E-state index is 12.6. The first kappa shape index (κ1) is 15.6. The summed E-state index contributed by atoms with van der Waals surface area (Å²) in [4.78, 5) is 14.5. The van der Waals surface area contributed by atoms with Gasteiger partial charge < -0.3 is 10.6 Å². The summed E-state index contributed by atoms with van der Waals surface area (Å²) >= 11 is 0. The summed E-state index contributed by atoms with van der Waals surface area (Å²) in [5.41, 5.74) is 6.99. The molecule has 2 rings (SSSR count). The lowest BCUT2D eigenvalue weighted by molar-refractivity contribution is 0.0717. The van der Waals surface area contributed by atoms with E-state index in [0.29, 0.717) is 12.6 Å². The van der Waals surface area contributed by atoms with Crippen LogP contribution < -0.4 is 5.73 Å². The standard InChI is InChI=1S/C18H24N2O/c1-20(17-8-4-2-3-5-9-17)18(21)16-12-10-15(11-13-16)7-6-14-19/h10-13,17H,2-5,8-9,14,19H2,1H3. The Kier molecular flexibility index (Phi) is 5.83. The van der Waals surface area contributed by atoms with Gasteiger partial charge >= 0.3 is 0 Å². The summed E-state index contributed by atoms with van der Waals surface area (Å²) in [6.45, 7) is 0.352. The summed E-state index contributed by atoms with van der Waals surface area (Å²) < 4.78 is 0. The van der Waals surface area contributed by atoms with Gasteiger partial charge in [0.2, 0.25) is 0 Å². The third-order valence-corrected chi connectivity index (χ3v) is 4.16. The molecule has 3 heteroatoms. The fourth-order valence-electron chi connectivity index (χ4n) is 2.86. The zero-order valence-corrected chi connectivity index (χ0v) is 12.8. The Labute approximate surface area is 127 Å². The van der Waals surface area contributed by atoms with Crippen molar-refractivity contribution in [3.63, 3.8) is 0 Å². The molecule has 0 aliphatic heterocycles. The highest BCUT2D eigenvalue weighted by atomic mass is 16.2. The smallest absolute Gasteiger partial charge is 0.253 e. The maximum atomic E-state index is 12.6. The molecule has 1 aliphatic carbocycles. The quantitative estimate of drug-likeness (QED) is 0.670. The fourth-order valence-corrected chi connectivity index (χ4v) is 2.86. The average Bonchev–Trinajstić information content (AvgIpc) is 2.81. The zero-order valence-electron chi connectivity index (χ0n) is 12.8. The predicted molar refractivity (Wildman–Crippen MR) is 86.0 cm³/mol. The first-order chi connectivity index (χ1) is 10.2. The monoisotopic (exact) mass is 284 g/mol. The lowest BCUT2D eigenvalue weighted by atomic mass is 10.1. The van der Waals surface area contributed by atoms with E-state index in [1.54, 1.807) is 0 Å². The maximum Gasteiger partial charge on any atom is 0.253 e. The minimum atomic E-state index is 0.111. The Hall–Kier alpha value is -1.79. The highest BCUT2D eigenvalue weighted by Gasteiger charge is 2.21. The zero-order chi connectivity index (χ0) is 15.1. The van der Waals surface area contributed by atoms with Crippen molar-refractivity contribution in [1.29, 1.82) is 0 Å². The summed E-state index contributed by atoms with van der Waals surface area (Å²) in [5, 5.41) is 0. The minimum absolute atomic E-state index is 0.111. The lowest BCUT2D eigenvalue weighted by Crippen LogP contribution is -2.36. The fraction of sp³-hybridized carbons (Fsp3) is 0.500. The second-order valence-corrected chi connectivity index (χ2v) is 5.64. The molecule has 112 valence electrons. The Morgan fingerprint density at radius 1 is 1.19 bits per heavy atom. The van der Waals surface area contributed by atoms with E-state index >= 15 is 0 Å². The summed E-state index contributed by atoms with van der Waals surface area (Å²) in [7, 11) is 1.93. The van der Waals surface area contributed by atoms with Crippen molar-refractivity contribution in [2.24, 2.45) is 5.73 Å². The van der Waals surface area contributed by atoms with Gasteiger partial charge in [0, 0.05) is 24.2 Å². The molecule has 1 aliphatic rings. The third-order valence-electron chi connectivity index (χ3n) is 4.16. The van der Waals surface area contributed by atoms with Gasteiger partial charge in [-0.2, -0.15) is 0 Å². The molecule has 0 heterocycles. The normalized spacial score (nSPS) is 15.7. The number of rotatable bonds is 2. The molecule has 21 heavy (non-hydrogen) atoms. The Balaban J connectivity index is 2.04. The SMILES string of the molecule is CN(C(=O)c1ccc(C#CCN)cc1)C1CCCCCC1. The number of benzene rings is 1. The number of hydrogen-bond acceptors (Lipinski definition) is 2. The van der Waals surface area contributed by atoms with Gasteiger partial charge in [0.1, 0.15) is 0 Å². The van der Waals surface area contributed by atoms with E-state index in [9.17, 15) is 4.79 Å². The van der Waals surface area contributed by atoms with Crippen molar-refractivity contribution in [2.75, 3.05) is 13.6 Å². The molecule has 2 N–H and O–H groups in total. The molecule has 0 spiro atoms. The Morgan fingerprint density at radius 2 is 1.81 bits per heavy atom. The van der Waals surface area contributed by atoms with Crippen LogP contribution in [0.5, 0.6) is 0 Å². The minimum Gasteiger partial charge on any atom is -0.339 e. The highest BCUT2D eigenvalue weighted by molar-refractivity contribution is 5.94. The second-order valence-electron chi connectivity index (χ2n) is 5.64. The van der Waals surface area contributed by atoms with Crippen molar-refractivity contribution in [2.45, 2.75) is 44.6 Å². The van der Waals surface area contributed by atoms with Crippen LogP contribution in [0.15, 0.2) is 24.3 Å². The van der Waals surface area contributed by atoms with Gasteiger partial charge in [-0.3, -0.25) is 4.79 Å². The number of carbonyl (C=O) groups excluding carboxylic acids is 1. The van der Waals surface area contributed by atoms with E-state index < -0.39 is 0 Å².